The van der Waals surface area contributed by atoms with E-state index in [-0.39, 0.29) is 19.2 Å². The molecule has 0 spiro atoms. The Morgan fingerprint density at radius 2 is 1.39 bits per heavy atom. The first kappa shape index (κ1) is 22.2. The quantitative estimate of drug-likeness (QED) is 0.521. The maximum atomic E-state index is 12.2. The minimum atomic E-state index is -0.130. The zero-order chi connectivity index (χ0) is 21.9. The molecule has 0 fully saturated rings. The van der Waals surface area contributed by atoms with E-state index in [0.717, 1.165) is 28.2 Å². The van der Waals surface area contributed by atoms with Crippen LogP contribution in [0.25, 0.3) is 11.1 Å². The van der Waals surface area contributed by atoms with Crippen molar-refractivity contribution in [3.8, 4) is 22.6 Å². The number of urea groups is 1. The van der Waals surface area contributed by atoms with E-state index < -0.39 is 0 Å². The lowest BCUT2D eigenvalue weighted by Crippen LogP contribution is -2.40. The fraction of sp³-hybridized carbons (Fsp3) is 0.240. The molecule has 2 amide bonds. The molecule has 0 radical (unpaired) electrons. The van der Waals surface area contributed by atoms with Crippen molar-refractivity contribution in [3.63, 3.8) is 0 Å². The summed E-state index contributed by atoms with van der Waals surface area (Å²) in [6, 6.07) is 25.3. The molecular formula is C25H28N2O4. The van der Waals surface area contributed by atoms with Crippen molar-refractivity contribution in [1.82, 2.24) is 10.2 Å². The summed E-state index contributed by atoms with van der Waals surface area (Å²) in [5.74, 6) is 1.48. The van der Waals surface area contributed by atoms with Gasteiger partial charge in [-0.05, 0) is 41.0 Å². The van der Waals surface area contributed by atoms with Crippen molar-refractivity contribution < 1.29 is 19.4 Å². The number of rotatable bonds is 10. The van der Waals surface area contributed by atoms with Crippen LogP contribution in [-0.2, 0) is 6.54 Å². The number of aliphatic hydroxyl groups excluding tert-OH is 1. The molecule has 0 saturated heterocycles. The Morgan fingerprint density at radius 1 is 0.839 bits per heavy atom. The maximum Gasteiger partial charge on any atom is 0.317 e. The van der Waals surface area contributed by atoms with Gasteiger partial charge < -0.3 is 24.8 Å². The average Bonchev–Trinajstić information content (AvgIpc) is 2.83. The van der Waals surface area contributed by atoms with E-state index >= 15 is 0 Å². The van der Waals surface area contributed by atoms with Crippen molar-refractivity contribution in [3.05, 3.63) is 84.4 Å². The highest BCUT2D eigenvalue weighted by molar-refractivity contribution is 5.73. The van der Waals surface area contributed by atoms with Crippen molar-refractivity contribution in [1.29, 1.82) is 0 Å². The molecule has 2 N–H and O–H groups in total. The Bertz CT molecular complexity index is 928. The van der Waals surface area contributed by atoms with Crippen LogP contribution in [0.1, 0.15) is 5.56 Å². The third-order valence-electron chi connectivity index (χ3n) is 4.75. The molecule has 0 aromatic heterocycles. The maximum absolute atomic E-state index is 12.2. The van der Waals surface area contributed by atoms with E-state index in [0.29, 0.717) is 19.7 Å². The summed E-state index contributed by atoms with van der Waals surface area (Å²) in [6.07, 6.45) is 0. The molecule has 0 unspecified atom stereocenters. The largest absolute Gasteiger partial charge is 0.492 e. The summed E-state index contributed by atoms with van der Waals surface area (Å²) in [5.41, 5.74) is 3.21. The summed E-state index contributed by atoms with van der Waals surface area (Å²) in [6.45, 7) is 1.69. The molecule has 0 aliphatic rings. The third-order valence-corrected chi connectivity index (χ3v) is 4.75. The molecule has 6 nitrogen and oxygen atoms in total. The molecule has 0 heterocycles. The fourth-order valence-electron chi connectivity index (χ4n) is 3.14. The first-order valence-electron chi connectivity index (χ1n) is 10.3. The van der Waals surface area contributed by atoms with Gasteiger partial charge in [0, 0.05) is 13.6 Å². The second-order valence-electron chi connectivity index (χ2n) is 6.93. The van der Waals surface area contributed by atoms with Gasteiger partial charge >= 0.3 is 6.03 Å². The molecule has 0 aliphatic heterocycles. The van der Waals surface area contributed by atoms with E-state index in [1.165, 1.54) is 0 Å². The molecule has 0 aliphatic carbocycles. The first-order chi connectivity index (χ1) is 15.2. The predicted molar refractivity (Wildman–Crippen MR) is 121 cm³/mol. The van der Waals surface area contributed by atoms with Crippen LogP contribution in [-0.4, -0.2) is 49.5 Å². The number of benzene rings is 3. The van der Waals surface area contributed by atoms with Gasteiger partial charge in [0.1, 0.15) is 24.7 Å². The number of aliphatic hydroxyl groups is 1. The monoisotopic (exact) mass is 420 g/mol. The van der Waals surface area contributed by atoms with Gasteiger partial charge in [-0.25, -0.2) is 4.79 Å². The summed E-state index contributed by atoms with van der Waals surface area (Å²) in [4.78, 5) is 13.9. The Morgan fingerprint density at radius 3 is 1.90 bits per heavy atom. The van der Waals surface area contributed by atoms with Crippen LogP contribution in [0.15, 0.2) is 78.9 Å². The third kappa shape index (κ3) is 6.76. The molecule has 0 saturated carbocycles. The van der Waals surface area contributed by atoms with Crippen LogP contribution in [0.5, 0.6) is 11.5 Å². The predicted octanol–water partition coefficient (Wildman–Crippen LogP) is 3.95. The molecule has 31 heavy (non-hydrogen) atoms. The van der Waals surface area contributed by atoms with Gasteiger partial charge in [0.15, 0.2) is 0 Å². The number of nitrogens with one attached hydrogen (secondary N) is 1. The van der Waals surface area contributed by atoms with E-state index in [9.17, 15) is 4.79 Å². The average molecular weight is 421 g/mol. The standard InChI is InChI=1S/C25H28N2O4/c1-26-25(29)27(19-20-5-3-2-4-6-20)15-17-30-23-11-7-21(8-12-23)22-9-13-24(14-10-22)31-18-16-28/h2-14,28H,15-19H2,1H3,(H,26,29). The molecule has 3 aromatic carbocycles. The Balaban J connectivity index is 1.53. The number of nitrogens with zero attached hydrogens (tertiary/aromatic N) is 1. The van der Waals surface area contributed by atoms with Crippen molar-refractivity contribution >= 4 is 6.03 Å². The lowest BCUT2D eigenvalue weighted by atomic mass is 10.1. The number of amides is 2. The number of ether oxygens (including phenoxy) is 2. The van der Waals surface area contributed by atoms with Crippen LogP contribution in [0.2, 0.25) is 0 Å². The number of carbonyl (C=O) groups is 1. The summed E-state index contributed by atoms with van der Waals surface area (Å²) in [5, 5.41) is 11.5. The lowest BCUT2D eigenvalue weighted by Gasteiger charge is -2.22. The minimum Gasteiger partial charge on any atom is -0.492 e. The molecule has 0 bridgehead atoms. The smallest absolute Gasteiger partial charge is 0.317 e. The summed E-state index contributed by atoms with van der Waals surface area (Å²) >= 11 is 0. The normalized spacial score (nSPS) is 10.4. The minimum absolute atomic E-state index is 0.00363. The Labute approximate surface area is 183 Å². The van der Waals surface area contributed by atoms with Crippen LogP contribution in [0.4, 0.5) is 4.79 Å². The van der Waals surface area contributed by atoms with Gasteiger partial charge in [0.25, 0.3) is 0 Å². The number of carbonyl (C=O) groups excluding carboxylic acids is 1. The Kier molecular flexibility index (Phi) is 8.31. The second-order valence-corrected chi connectivity index (χ2v) is 6.93. The van der Waals surface area contributed by atoms with Crippen LogP contribution in [0, 0.1) is 0 Å². The van der Waals surface area contributed by atoms with Gasteiger partial charge in [-0.2, -0.15) is 0 Å². The molecule has 6 heteroatoms. The second kappa shape index (κ2) is 11.6. The zero-order valence-corrected chi connectivity index (χ0v) is 17.7. The van der Waals surface area contributed by atoms with Gasteiger partial charge in [-0.15, -0.1) is 0 Å². The van der Waals surface area contributed by atoms with Gasteiger partial charge in [0.05, 0.1) is 13.2 Å². The number of hydrogen-bond acceptors (Lipinski definition) is 4. The van der Waals surface area contributed by atoms with Crippen molar-refractivity contribution in [2.24, 2.45) is 0 Å². The molecular weight excluding hydrogens is 392 g/mol. The highest BCUT2D eigenvalue weighted by Gasteiger charge is 2.12. The topological polar surface area (TPSA) is 71.0 Å². The van der Waals surface area contributed by atoms with Gasteiger partial charge in [0.2, 0.25) is 0 Å². The van der Waals surface area contributed by atoms with Crippen LogP contribution < -0.4 is 14.8 Å². The highest BCUT2D eigenvalue weighted by Crippen LogP contribution is 2.24. The van der Waals surface area contributed by atoms with E-state index in [4.69, 9.17) is 14.6 Å². The number of hydrogen-bond donors (Lipinski definition) is 2. The zero-order valence-electron chi connectivity index (χ0n) is 17.7. The molecule has 0 atom stereocenters. The van der Waals surface area contributed by atoms with Crippen LogP contribution in [0.3, 0.4) is 0 Å². The Hall–Kier alpha value is -3.51. The van der Waals surface area contributed by atoms with E-state index in [1.807, 2.05) is 78.9 Å². The van der Waals surface area contributed by atoms with Crippen molar-refractivity contribution in [2.75, 3.05) is 33.4 Å². The summed E-state index contributed by atoms with van der Waals surface area (Å²) < 4.78 is 11.2. The van der Waals surface area contributed by atoms with E-state index in [1.54, 1.807) is 11.9 Å². The van der Waals surface area contributed by atoms with Crippen molar-refractivity contribution in [2.45, 2.75) is 6.54 Å². The molecule has 162 valence electrons. The van der Waals surface area contributed by atoms with Crippen LogP contribution >= 0.6 is 0 Å². The van der Waals surface area contributed by atoms with E-state index in [2.05, 4.69) is 5.32 Å². The molecule has 3 rings (SSSR count). The highest BCUT2D eigenvalue weighted by atomic mass is 16.5. The fourth-order valence-corrected chi connectivity index (χ4v) is 3.14. The van der Waals surface area contributed by atoms with Gasteiger partial charge in [-0.3, -0.25) is 0 Å². The SMILES string of the molecule is CNC(=O)N(CCOc1ccc(-c2ccc(OCCO)cc2)cc1)Cc1ccccc1. The first-order valence-corrected chi connectivity index (χ1v) is 10.3. The molecule has 3 aromatic rings. The lowest BCUT2D eigenvalue weighted by molar-refractivity contribution is 0.181. The van der Waals surface area contributed by atoms with Gasteiger partial charge in [-0.1, -0.05) is 54.6 Å². The summed E-state index contributed by atoms with van der Waals surface area (Å²) in [7, 11) is 1.63.